The Bertz CT molecular complexity index is 406. The summed E-state index contributed by atoms with van der Waals surface area (Å²) in [5.41, 5.74) is 0.964. The number of hydrogen-bond donors (Lipinski definition) is 1. The average Bonchev–Trinajstić information content (AvgIpc) is 2.89. The number of nitrogens with zero attached hydrogens (tertiary/aromatic N) is 2. The maximum atomic E-state index is 6.00. The Kier molecular flexibility index (Phi) is 3.77. The number of hydrogen-bond acceptors (Lipinski definition) is 5. The first-order chi connectivity index (χ1) is 9.33. The van der Waals surface area contributed by atoms with E-state index in [1.54, 1.807) is 12.4 Å². The normalized spacial score (nSPS) is 32.6. The van der Waals surface area contributed by atoms with E-state index in [9.17, 15) is 0 Å². The Labute approximate surface area is 113 Å². The quantitative estimate of drug-likeness (QED) is 0.891. The van der Waals surface area contributed by atoms with Crippen molar-refractivity contribution < 1.29 is 9.47 Å². The minimum Gasteiger partial charge on any atom is -0.378 e. The molecule has 2 saturated heterocycles. The molecule has 3 heterocycles. The van der Waals surface area contributed by atoms with Gasteiger partial charge in [0, 0.05) is 38.2 Å². The van der Waals surface area contributed by atoms with Gasteiger partial charge < -0.3 is 14.8 Å². The van der Waals surface area contributed by atoms with Gasteiger partial charge in [-0.2, -0.15) is 0 Å². The fourth-order valence-corrected chi connectivity index (χ4v) is 3.31. The first-order valence-electron chi connectivity index (χ1n) is 6.98. The molecule has 3 rings (SSSR count). The van der Waals surface area contributed by atoms with E-state index in [1.807, 2.05) is 13.2 Å². The van der Waals surface area contributed by atoms with Gasteiger partial charge in [0.1, 0.15) is 0 Å². The van der Waals surface area contributed by atoms with E-state index < -0.39 is 0 Å². The summed E-state index contributed by atoms with van der Waals surface area (Å²) in [6.45, 7) is 2.37. The van der Waals surface area contributed by atoms with Crippen LogP contribution in [0.25, 0.3) is 0 Å². The Balaban J connectivity index is 1.76. The molecule has 0 saturated carbocycles. The summed E-state index contributed by atoms with van der Waals surface area (Å²) >= 11 is 0. The molecule has 2 fully saturated rings. The van der Waals surface area contributed by atoms with Crippen LogP contribution in [0.1, 0.15) is 31.0 Å². The van der Waals surface area contributed by atoms with Gasteiger partial charge in [0.05, 0.1) is 23.9 Å². The molecule has 19 heavy (non-hydrogen) atoms. The third-order valence-electron chi connectivity index (χ3n) is 4.28. The maximum Gasteiger partial charge on any atom is 0.0940 e. The SMILES string of the molecule is CNC(c1cnccn1)C1CCOC2(CCOC2)C1. The predicted molar refractivity (Wildman–Crippen MR) is 70.7 cm³/mol. The fraction of sp³-hybridized carbons (Fsp3) is 0.714. The zero-order valence-corrected chi connectivity index (χ0v) is 11.3. The minimum absolute atomic E-state index is 0.0553. The van der Waals surface area contributed by atoms with Gasteiger partial charge in [0.25, 0.3) is 0 Å². The summed E-state index contributed by atoms with van der Waals surface area (Å²) in [7, 11) is 1.99. The summed E-state index contributed by atoms with van der Waals surface area (Å²) in [6, 6.07) is 0.245. The first kappa shape index (κ1) is 13.0. The molecule has 0 aliphatic carbocycles. The lowest BCUT2D eigenvalue weighted by molar-refractivity contribution is -0.103. The molecule has 3 atom stereocenters. The van der Waals surface area contributed by atoms with Crippen LogP contribution in [0.15, 0.2) is 18.6 Å². The van der Waals surface area contributed by atoms with E-state index >= 15 is 0 Å². The second kappa shape index (κ2) is 5.53. The molecule has 2 aliphatic rings. The van der Waals surface area contributed by atoms with Crippen LogP contribution >= 0.6 is 0 Å². The van der Waals surface area contributed by atoms with Gasteiger partial charge >= 0.3 is 0 Å². The minimum atomic E-state index is -0.0553. The molecule has 5 nitrogen and oxygen atoms in total. The molecular weight excluding hydrogens is 242 g/mol. The summed E-state index contributed by atoms with van der Waals surface area (Å²) < 4.78 is 11.5. The molecule has 1 aromatic rings. The summed E-state index contributed by atoms with van der Waals surface area (Å²) in [6.07, 6.45) is 8.44. The molecule has 0 bridgehead atoms. The van der Waals surface area contributed by atoms with Crippen molar-refractivity contribution in [2.24, 2.45) is 5.92 Å². The lowest BCUT2D eigenvalue weighted by Gasteiger charge is -2.40. The molecule has 0 aromatic carbocycles. The monoisotopic (exact) mass is 263 g/mol. The maximum absolute atomic E-state index is 6.00. The van der Waals surface area contributed by atoms with Gasteiger partial charge in [-0.25, -0.2) is 0 Å². The number of rotatable bonds is 3. The van der Waals surface area contributed by atoms with Crippen LogP contribution in [-0.4, -0.2) is 42.4 Å². The molecule has 5 heteroatoms. The van der Waals surface area contributed by atoms with Crippen LogP contribution in [0, 0.1) is 5.92 Å². The second-order valence-electron chi connectivity index (χ2n) is 5.48. The van der Waals surface area contributed by atoms with Gasteiger partial charge in [-0.05, 0) is 25.8 Å². The fourth-order valence-electron chi connectivity index (χ4n) is 3.31. The van der Waals surface area contributed by atoms with Gasteiger partial charge in [0.15, 0.2) is 0 Å². The zero-order valence-electron chi connectivity index (χ0n) is 11.3. The summed E-state index contributed by atoms with van der Waals surface area (Å²) in [5.74, 6) is 0.525. The van der Waals surface area contributed by atoms with Crippen molar-refractivity contribution in [1.82, 2.24) is 15.3 Å². The van der Waals surface area contributed by atoms with Crippen molar-refractivity contribution in [1.29, 1.82) is 0 Å². The van der Waals surface area contributed by atoms with Crippen molar-refractivity contribution >= 4 is 0 Å². The van der Waals surface area contributed by atoms with E-state index in [4.69, 9.17) is 9.47 Å². The zero-order chi connectivity index (χ0) is 13.1. The van der Waals surface area contributed by atoms with E-state index in [-0.39, 0.29) is 11.6 Å². The molecule has 0 amide bonds. The highest BCUT2D eigenvalue weighted by atomic mass is 16.6. The highest BCUT2D eigenvalue weighted by Crippen LogP contribution is 2.40. The van der Waals surface area contributed by atoms with Crippen molar-refractivity contribution in [2.45, 2.75) is 30.9 Å². The van der Waals surface area contributed by atoms with Crippen LogP contribution in [0.5, 0.6) is 0 Å². The van der Waals surface area contributed by atoms with Crippen LogP contribution in [0.3, 0.4) is 0 Å². The van der Waals surface area contributed by atoms with Crippen molar-refractivity contribution in [3.8, 4) is 0 Å². The lowest BCUT2D eigenvalue weighted by atomic mass is 9.80. The smallest absolute Gasteiger partial charge is 0.0940 e. The van der Waals surface area contributed by atoms with Crippen LogP contribution < -0.4 is 5.32 Å². The predicted octanol–water partition coefficient (Wildman–Crippen LogP) is 1.32. The summed E-state index contributed by atoms with van der Waals surface area (Å²) in [5, 5.41) is 3.40. The van der Waals surface area contributed by atoms with Gasteiger partial charge in [-0.1, -0.05) is 0 Å². The largest absolute Gasteiger partial charge is 0.378 e. The number of nitrogens with one attached hydrogen (secondary N) is 1. The van der Waals surface area contributed by atoms with Crippen LogP contribution in [0.4, 0.5) is 0 Å². The Morgan fingerprint density at radius 1 is 1.42 bits per heavy atom. The topological polar surface area (TPSA) is 56.3 Å². The van der Waals surface area contributed by atoms with Crippen molar-refractivity contribution in [3.05, 3.63) is 24.3 Å². The standard InChI is InChI=1S/C14H21N3O2/c1-15-13(12-9-16-4-5-17-12)11-2-6-19-14(8-11)3-7-18-10-14/h4-5,9,11,13,15H,2-3,6-8,10H2,1H3. The van der Waals surface area contributed by atoms with Gasteiger partial charge in [-0.3, -0.25) is 9.97 Å². The first-order valence-corrected chi connectivity index (χ1v) is 6.98. The number of ether oxygens (including phenoxy) is 2. The molecule has 2 aliphatic heterocycles. The Hall–Kier alpha value is -1.04. The molecular formula is C14H21N3O2. The average molecular weight is 263 g/mol. The van der Waals surface area contributed by atoms with E-state index in [0.29, 0.717) is 5.92 Å². The molecule has 1 aromatic heterocycles. The van der Waals surface area contributed by atoms with Crippen LogP contribution in [-0.2, 0) is 9.47 Å². The molecule has 1 spiro atoms. The third-order valence-corrected chi connectivity index (χ3v) is 4.28. The van der Waals surface area contributed by atoms with E-state index in [2.05, 4.69) is 15.3 Å². The van der Waals surface area contributed by atoms with E-state index in [1.165, 1.54) is 0 Å². The van der Waals surface area contributed by atoms with Gasteiger partial charge in [0.2, 0.25) is 0 Å². The van der Waals surface area contributed by atoms with E-state index in [0.717, 1.165) is 44.8 Å². The molecule has 3 unspecified atom stereocenters. The molecule has 1 N–H and O–H groups in total. The lowest BCUT2D eigenvalue weighted by Crippen LogP contribution is -2.43. The third kappa shape index (κ3) is 2.63. The van der Waals surface area contributed by atoms with Crippen LogP contribution in [0.2, 0.25) is 0 Å². The Morgan fingerprint density at radius 3 is 3.05 bits per heavy atom. The van der Waals surface area contributed by atoms with Crippen molar-refractivity contribution in [3.63, 3.8) is 0 Å². The summed E-state index contributed by atoms with van der Waals surface area (Å²) in [4.78, 5) is 8.62. The Morgan fingerprint density at radius 2 is 2.37 bits per heavy atom. The number of aromatic nitrogens is 2. The van der Waals surface area contributed by atoms with Crippen molar-refractivity contribution in [2.75, 3.05) is 26.9 Å². The highest BCUT2D eigenvalue weighted by molar-refractivity contribution is 5.06. The second-order valence-corrected chi connectivity index (χ2v) is 5.48. The van der Waals surface area contributed by atoms with Gasteiger partial charge in [-0.15, -0.1) is 0 Å². The highest BCUT2D eigenvalue weighted by Gasteiger charge is 2.43. The molecule has 104 valence electrons. The molecule has 0 radical (unpaired) electrons.